The lowest BCUT2D eigenvalue weighted by Crippen LogP contribution is -2.39. The van der Waals surface area contributed by atoms with Crippen LogP contribution in [0.4, 0.5) is 0 Å². The highest BCUT2D eigenvalue weighted by Crippen LogP contribution is 2.31. The normalized spacial score (nSPS) is 21.5. The summed E-state index contributed by atoms with van der Waals surface area (Å²) >= 11 is 36.8. The van der Waals surface area contributed by atoms with Gasteiger partial charge in [-0.2, -0.15) is 0 Å². The second-order valence-corrected chi connectivity index (χ2v) is 10.9. The molecular weight excluding hydrogens is 605 g/mol. The van der Waals surface area contributed by atoms with Gasteiger partial charge in [0.2, 0.25) is 0 Å². The van der Waals surface area contributed by atoms with Crippen molar-refractivity contribution in [3.8, 4) is 0 Å². The van der Waals surface area contributed by atoms with Gasteiger partial charge in [-0.1, -0.05) is 87.8 Å². The Bertz CT molecular complexity index is 1230. The van der Waals surface area contributed by atoms with Crippen LogP contribution in [0.15, 0.2) is 54.6 Å². The van der Waals surface area contributed by atoms with E-state index in [0.29, 0.717) is 35.7 Å². The molecule has 37 heavy (non-hydrogen) atoms. The van der Waals surface area contributed by atoms with E-state index in [0.717, 1.165) is 11.1 Å². The molecule has 0 aromatic heterocycles. The Morgan fingerprint density at radius 1 is 0.622 bits per heavy atom. The van der Waals surface area contributed by atoms with Crippen LogP contribution in [0.1, 0.15) is 16.7 Å². The van der Waals surface area contributed by atoms with E-state index in [1.54, 1.807) is 54.6 Å². The molecule has 1 N–H and O–H groups in total. The van der Waals surface area contributed by atoms with Crippen molar-refractivity contribution in [2.45, 2.75) is 44.4 Å². The van der Waals surface area contributed by atoms with Crippen molar-refractivity contribution in [1.82, 2.24) is 0 Å². The van der Waals surface area contributed by atoms with E-state index in [9.17, 15) is 5.11 Å². The van der Waals surface area contributed by atoms with Gasteiger partial charge >= 0.3 is 0 Å². The molecule has 0 spiro atoms. The van der Waals surface area contributed by atoms with Crippen LogP contribution in [0.25, 0.3) is 0 Å². The fourth-order valence-electron chi connectivity index (χ4n) is 3.79. The summed E-state index contributed by atoms with van der Waals surface area (Å²) in [7, 11) is 0. The fourth-order valence-corrected chi connectivity index (χ4v) is 5.18. The second-order valence-electron chi connectivity index (χ2n) is 8.34. The van der Waals surface area contributed by atoms with Gasteiger partial charge in [0.05, 0.1) is 26.4 Å². The SMILES string of the molecule is OC1O[C@H](COCc2ccc(Cl)cc2Cl)[C@@H](OCc2ccc(Cl)cc2Cl)[C@H]1OCc1ccc(Cl)cc1Cl. The fraction of sp³-hybridized carbons (Fsp3) is 0.308. The summed E-state index contributed by atoms with van der Waals surface area (Å²) in [5, 5.41) is 13.6. The molecule has 3 aromatic carbocycles. The first kappa shape index (κ1) is 29.2. The molecular formula is C26H22Cl6O5. The molecule has 1 aliphatic heterocycles. The van der Waals surface area contributed by atoms with Gasteiger partial charge in [0.25, 0.3) is 0 Å². The van der Waals surface area contributed by atoms with Crippen LogP contribution in [0, 0.1) is 0 Å². The van der Waals surface area contributed by atoms with E-state index < -0.39 is 24.6 Å². The first-order valence-corrected chi connectivity index (χ1v) is 13.4. The summed E-state index contributed by atoms with van der Waals surface area (Å²) < 4.78 is 23.8. The highest BCUT2D eigenvalue weighted by Gasteiger charge is 2.46. The van der Waals surface area contributed by atoms with E-state index in [1.807, 2.05) is 0 Å². The minimum atomic E-state index is -1.26. The van der Waals surface area contributed by atoms with Crippen molar-refractivity contribution >= 4 is 69.6 Å². The predicted molar refractivity (Wildman–Crippen MR) is 147 cm³/mol. The van der Waals surface area contributed by atoms with Crippen LogP contribution in [-0.4, -0.2) is 36.3 Å². The lowest BCUT2D eigenvalue weighted by molar-refractivity contribution is -0.153. The lowest BCUT2D eigenvalue weighted by Gasteiger charge is -2.24. The zero-order valence-corrected chi connectivity index (χ0v) is 23.7. The van der Waals surface area contributed by atoms with Crippen LogP contribution in [0.3, 0.4) is 0 Å². The van der Waals surface area contributed by atoms with Crippen LogP contribution in [0.5, 0.6) is 0 Å². The van der Waals surface area contributed by atoms with Gasteiger partial charge in [-0.25, -0.2) is 0 Å². The molecule has 3 aromatic rings. The molecule has 1 fully saturated rings. The van der Waals surface area contributed by atoms with Gasteiger partial charge in [-0.05, 0) is 53.1 Å². The molecule has 5 nitrogen and oxygen atoms in total. The average Bonchev–Trinajstić information content (AvgIpc) is 3.13. The van der Waals surface area contributed by atoms with Gasteiger partial charge in [0.15, 0.2) is 6.29 Å². The van der Waals surface area contributed by atoms with Gasteiger partial charge in [-0.15, -0.1) is 0 Å². The first-order valence-electron chi connectivity index (χ1n) is 11.2. The molecule has 4 rings (SSSR count). The summed E-state index contributed by atoms with van der Waals surface area (Å²) in [5.74, 6) is 0. The van der Waals surface area contributed by atoms with Crippen molar-refractivity contribution in [2.24, 2.45) is 0 Å². The molecule has 11 heteroatoms. The topological polar surface area (TPSA) is 57.2 Å². The van der Waals surface area contributed by atoms with Crippen LogP contribution >= 0.6 is 69.6 Å². The average molecular weight is 627 g/mol. The predicted octanol–water partition coefficient (Wildman–Crippen LogP) is 8.01. The van der Waals surface area contributed by atoms with E-state index >= 15 is 0 Å². The number of aliphatic hydroxyl groups is 1. The maximum absolute atomic E-state index is 10.7. The second kappa shape index (κ2) is 13.5. The number of ether oxygens (including phenoxy) is 4. The number of benzene rings is 3. The number of hydrogen-bond acceptors (Lipinski definition) is 5. The zero-order valence-electron chi connectivity index (χ0n) is 19.2. The molecule has 1 unspecified atom stereocenters. The molecule has 0 bridgehead atoms. The van der Waals surface area contributed by atoms with Crippen molar-refractivity contribution in [3.63, 3.8) is 0 Å². The Balaban J connectivity index is 1.45. The summed E-state index contributed by atoms with van der Waals surface area (Å²) in [6, 6.07) is 15.4. The Morgan fingerprint density at radius 3 is 1.51 bits per heavy atom. The third kappa shape index (κ3) is 7.87. The Morgan fingerprint density at radius 2 is 1.05 bits per heavy atom. The zero-order chi connectivity index (χ0) is 26.5. The smallest absolute Gasteiger partial charge is 0.184 e. The van der Waals surface area contributed by atoms with Crippen molar-refractivity contribution in [2.75, 3.05) is 6.61 Å². The largest absolute Gasteiger partial charge is 0.374 e. The van der Waals surface area contributed by atoms with Crippen molar-refractivity contribution < 1.29 is 24.1 Å². The molecule has 1 saturated heterocycles. The van der Waals surface area contributed by atoms with Crippen molar-refractivity contribution in [1.29, 1.82) is 0 Å². The number of halogens is 6. The summed E-state index contributed by atoms with van der Waals surface area (Å²) in [4.78, 5) is 0. The number of rotatable bonds is 10. The van der Waals surface area contributed by atoms with E-state index in [4.69, 9.17) is 88.6 Å². The van der Waals surface area contributed by atoms with E-state index in [-0.39, 0.29) is 26.4 Å². The summed E-state index contributed by atoms with van der Waals surface area (Å²) in [6.07, 6.45) is -3.42. The molecule has 0 radical (unpaired) electrons. The summed E-state index contributed by atoms with van der Waals surface area (Å²) in [5.41, 5.74) is 2.19. The standard InChI is InChI=1S/C26H22Cl6O5/c27-17-4-1-14(20(30)7-17)10-34-13-23-24(35-11-15-2-5-18(28)8-21(15)31)25(26(33)37-23)36-12-16-3-6-19(29)9-22(16)32/h1-9,23-26,33H,10-13H2/t23-,24-,25-,26?/m1/s1. The van der Waals surface area contributed by atoms with Crippen molar-refractivity contribution in [3.05, 3.63) is 101 Å². The minimum Gasteiger partial charge on any atom is -0.374 e. The van der Waals surface area contributed by atoms with Crippen LogP contribution in [-0.2, 0) is 38.8 Å². The molecule has 198 valence electrons. The monoisotopic (exact) mass is 624 g/mol. The maximum Gasteiger partial charge on any atom is 0.184 e. The van der Waals surface area contributed by atoms with E-state index in [1.165, 1.54) is 0 Å². The summed E-state index contributed by atoms with van der Waals surface area (Å²) in [6.45, 7) is 0.568. The highest BCUT2D eigenvalue weighted by molar-refractivity contribution is 6.36. The Hall–Kier alpha value is -0.800. The van der Waals surface area contributed by atoms with Gasteiger partial charge in [0, 0.05) is 30.1 Å². The molecule has 0 saturated carbocycles. The van der Waals surface area contributed by atoms with Gasteiger partial charge in [-0.3, -0.25) is 0 Å². The number of hydrogen-bond donors (Lipinski definition) is 1. The minimum absolute atomic E-state index is 0.108. The molecule has 1 heterocycles. The molecule has 1 aliphatic rings. The molecule has 4 atom stereocenters. The third-order valence-corrected chi connectivity index (χ3v) is 7.49. The number of aliphatic hydroxyl groups excluding tert-OH is 1. The maximum atomic E-state index is 10.7. The third-order valence-electron chi connectivity index (χ3n) is 5.73. The van der Waals surface area contributed by atoms with Crippen LogP contribution in [0.2, 0.25) is 30.1 Å². The quantitative estimate of drug-likeness (QED) is 0.247. The molecule has 0 aliphatic carbocycles. The molecule has 0 amide bonds. The highest BCUT2D eigenvalue weighted by atomic mass is 35.5. The van der Waals surface area contributed by atoms with Gasteiger partial charge < -0.3 is 24.1 Å². The van der Waals surface area contributed by atoms with Crippen LogP contribution < -0.4 is 0 Å². The van der Waals surface area contributed by atoms with Gasteiger partial charge in [0.1, 0.15) is 18.3 Å². The lowest BCUT2D eigenvalue weighted by atomic mass is 10.1. The Labute approximate surface area is 245 Å². The first-order chi connectivity index (χ1) is 17.7. The Kier molecular flexibility index (Phi) is 10.7. The van der Waals surface area contributed by atoms with E-state index in [2.05, 4.69) is 0 Å².